The summed E-state index contributed by atoms with van der Waals surface area (Å²) in [5, 5.41) is 0. The first-order chi connectivity index (χ1) is 0. The van der Waals surface area contributed by atoms with Gasteiger partial charge in [-0.05, 0) is 0 Å². The van der Waals surface area contributed by atoms with Gasteiger partial charge >= 0.3 is 0 Å². The summed E-state index contributed by atoms with van der Waals surface area (Å²) in [5.41, 5.74) is 0. The average Bonchev–Trinajstić information content (AvgIpc) is 0. The molecule has 0 amide bonds. The normalized spacial score (nSPS) is 0. The monoisotopic (exact) mass is 167 g/mol. The van der Waals surface area contributed by atoms with Gasteiger partial charge in [-0.2, -0.15) is 0 Å². The minimum absolute atomic E-state index is 0. The van der Waals surface area contributed by atoms with Crippen molar-refractivity contribution in [3.05, 3.63) is 0 Å². The zero-order chi connectivity index (χ0) is 0. The van der Waals surface area contributed by atoms with Gasteiger partial charge < -0.3 is 34.3 Å². The molecular formula is H13NiO6-. The van der Waals surface area contributed by atoms with Crippen LogP contribution in [0.15, 0.2) is 0 Å². The van der Waals surface area contributed by atoms with Crippen LogP contribution in [0.1, 0.15) is 1.43 Å². The molecule has 0 rings (SSSR count). The Kier molecular flexibility index (Phi) is 1690000. The van der Waals surface area contributed by atoms with Gasteiger partial charge in [-0.1, -0.05) is 0 Å². The van der Waals surface area contributed by atoms with Gasteiger partial charge in [-0.25, -0.2) is 0 Å². The van der Waals surface area contributed by atoms with Crippen LogP contribution in [-0.4, -0.2) is 32.9 Å². The van der Waals surface area contributed by atoms with Gasteiger partial charge in [0, 0.05) is 16.5 Å². The minimum atomic E-state index is 0. The van der Waals surface area contributed by atoms with Crippen molar-refractivity contribution in [3.8, 4) is 0 Å². The molecule has 7 heteroatoms. The van der Waals surface area contributed by atoms with Gasteiger partial charge in [0.25, 0.3) is 0 Å². The third-order valence-corrected chi connectivity index (χ3v) is 0. The molecule has 0 heterocycles. The fourth-order valence-corrected chi connectivity index (χ4v) is 0. The predicted octanol–water partition coefficient (Wildman–Crippen LogP) is -4.84. The molecule has 0 atom stereocenters. The Morgan fingerprint density at radius 3 is 0.429 bits per heavy atom. The predicted molar refractivity (Wildman–Crippen MR) is 22.8 cm³/mol. The van der Waals surface area contributed by atoms with Crippen molar-refractivity contribution in [2.45, 2.75) is 0 Å². The van der Waals surface area contributed by atoms with Crippen LogP contribution in [0.25, 0.3) is 0 Å². The Balaban J connectivity index is 0. The zero-order valence-electron chi connectivity index (χ0n) is 4.32. The molecule has 0 unspecified atom stereocenters. The van der Waals surface area contributed by atoms with Crippen molar-refractivity contribution in [1.82, 2.24) is 0 Å². The van der Waals surface area contributed by atoms with Crippen LogP contribution in [-0.2, 0) is 16.5 Å². The quantitative estimate of drug-likeness (QED) is 0.313. The molecule has 6 nitrogen and oxygen atoms in total. The van der Waals surface area contributed by atoms with Crippen LogP contribution < -0.4 is 0 Å². The summed E-state index contributed by atoms with van der Waals surface area (Å²) in [6.07, 6.45) is 0. The average molecular weight is 168 g/mol. The molecule has 60 valence electrons. The van der Waals surface area contributed by atoms with Crippen molar-refractivity contribution in [2.24, 2.45) is 0 Å². The van der Waals surface area contributed by atoms with Crippen molar-refractivity contribution in [2.75, 3.05) is 0 Å². The van der Waals surface area contributed by atoms with E-state index < -0.39 is 0 Å². The SMILES string of the molecule is O.O.O.O.O.O.[H-].[Ni]. The molecule has 0 aliphatic rings. The molecule has 0 aliphatic heterocycles. The van der Waals surface area contributed by atoms with E-state index in [1.54, 1.807) is 0 Å². The Labute approximate surface area is 51.8 Å². The van der Waals surface area contributed by atoms with Gasteiger partial charge in [0.2, 0.25) is 0 Å². The van der Waals surface area contributed by atoms with E-state index in [0.717, 1.165) is 0 Å². The summed E-state index contributed by atoms with van der Waals surface area (Å²) in [7, 11) is 0. The molecule has 0 bridgehead atoms. The summed E-state index contributed by atoms with van der Waals surface area (Å²) >= 11 is 0. The molecule has 12 N–H and O–H groups in total. The van der Waals surface area contributed by atoms with E-state index in [0.29, 0.717) is 0 Å². The molecule has 0 saturated carbocycles. The van der Waals surface area contributed by atoms with Crippen LogP contribution in [0, 0.1) is 0 Å². The molecule has 0 spiro atoms. The minimum Gasteiger partial charge on any atom is -1.00 e. The number of rotatable bonds is 0. The Hall–Kier alpha value is 0.254. The van der Waals surface area contributed by atoms with Crippen LogP contribution >= 0.6 is 0 Å². The summed E-state index contributed by atoms with van der Waals surface area (Å²) in [6.45, 7) is 0. The van der Waals surface area contributed by atoms with Gasteiger partial charge in [0.15, 0.2) is 0 Å². The number of hydrogen-bond acceptors (Lipinski definition) is 0. The smallest absolute Gasteiger partial charge is 0 e. The van der Waals surface area contributed by atoms with Crippen molar-refractivity contribution in [3.63, 3.8) is 0 Å². The Morgan fingerprint density at radius 2 is 0.429 bits per heavy atom. The molecule has 0 radical (unpaired) electrons. The summed E-state index contributed by atoms with van der Waals surface area (Å²) in [6, 6.07) is 0. The van der Waals surface area contributed by atoms with Gasteiger partial charge in [-0.3, -0.25) is 0 Å². The largest absolute Gasteiger partial charge is 1.00 e. The first-order valence-electron chi connectivity index (χ1n) is 0. The molecule has 0 saturated heterocycles. The number of hydrogen-bond donors (Lipinski definition) is 0. The standard InChI is InChI=1S/Ni.6H2O.H/h;6*1H2;/q;;;;;;;-1. The van der Waals surface area contributed by atoms with E-state index >= 15 is 0 Å². The topological polar surface area (TPSA) is 189 Å². The van der Waals surface area contributed by atoms with Crippen molar-refractivity contribution in [1.29, 1.82) is 0 Å². The second kappa shape index (κ2) is 2690. The maximum Gasteiger partial charge on any atom is 0 e. The maximum absolute atomic E-state index is 0. The second-order valence-corrected chi connectivity index (χ2v) is 0. The van der Waals surface area contributed by atoms with E-state index in [9.17, 15) is 0 Å². The van der Waals surface area contributed by atoms with Crippen molar-refractivity contribution >= 4 is 0 Å². The van der Waals surface area contributed by atoms with E-state index in [2.05, 4.69) is 0 Å². The van der Waals surface area contributed by atoms with Gasteiger partial charge in [0.1, 0.15) is 0 Å². The summed E-state index contributed by atoms with van der Waals surface area (Å²) in [4.78, 5) is 0. The van der Waals surface area contributed by atoms with Crippen molar-refractivity contribution < 1.29 is 50.8 Å². The zero-order valence-corrected chi connectivity index (χ0v) is 4.30. The fraction of sp³-hybridized carbons (Fsp3) is 0. The van der Waals surface area contributed by atoms with Crippen LogP contribution in [0.5, 0.6) is 0 Å². The van der Waals surface area contributed by atoms with Crippen LogP contribution in [0.3, 0.4) is 0 Å². The fourth-order valence-electron chi connectivity index (χ4n) is 0. The first kappa shape index (κ1) is 4410. The molecule has 0 aromatic carbocycles. The molecular weight excluding hydrogens is 155 g/mol. The molecule has 0 aromatic rings. The summed E-state index contributed by atoms with van der Waals surface area (Å²) < 4.78 is 0. The van der Waals surface area contributed by atoms with Gasteiger partial charge in [-0.15, -0.1) is 0 Å². The molecule has 0 fully saturated rings. The van der Waals surface area contributed by atoms with E-state index in [4.69, 9.17) is 0 Å². The summed E-state index contributed by atoms with van der Waals surface area (Å²) in [5.74, 6) is 0. The second-order valence-electron chi connectivity index (χ2n) is 0. The van der Waals surface area contributed by atoms with E-state index in [1.165, 1.54) is 0 Å². The van der Waals surface area contributed by atoms with E-state index in [-0.39, 0.29) is 50.8 Å². The molecule has 0 aliphatic carbocycles. The third kappa shape index (κ3) is 1760. The first-order valence-corrected chi connectivity index (χ1v) is 0. The molecule has 0 aromatic heterocycles. The van der Waals surface area contributed by atoms with Crippen LogP contribution in [0.4, 0.5) is 0 Å². The van der Waals surface area contributed by atoms with Gasteiger partial charge in [0.05, 0.1) is 0 Å². The Morgan fingerprint density at radius 1 is 0.429 bits per heavy atom. The maximum atomic E-state index is 0. The Bertz CT molecular complexity index is 8.49. The molecule has 7 heavy (non-hydrogen) atoms. The third-order valence-electron chi connectivity index (χ3n) is 0. The van der Waals surface area contributed by atoms with Crippen LogP contribution in [0.2, 0.25) is 0 Å². The van der Waals surface area contributed by atoms with E-state index in [1.807, 2.05) is 0 Å².